The fraction of sp³-hybridized carbons (Fsp3) is 0.850. The second-order valence-corrected chi connectivity index (χ2v) is 9.14. The Morgan fingerprint density at radius 1 is 1.04 bits per heavy atom. The average molecular weight is 318 g/mol. The average Bonchev–Trinajstić information content (AvgIpc) is 2.82. The zero-order valence-corrected chi connectivity index (χ0v) is 14.6. The molecule has 4 aliphatic rings. The Bertz CT molecular complexity index is 579. The first-order valence-corrected chi connectivity index (χ1v) is 9.38. The molecule has 23 heavy (non-hydrogen) atoms. The summed E-state index contributed by atoms with van der Waals surface area (Å²) in [4.78, 5) is 12.2. The van der Waals surface area contributed by atoms with Crippen molar-refractivity contribution in [3.8, 4) is 0 Å². The molecule has 2 unspecified atom stereocenters. The van der Waals surface area contributed by atoms with E-state index >= 15 is 0 Å². The lowest BCUT2D eigenvalue weighted by molar-refractivity contribution is -0.128. The Labute approximate surface area is 139 Å². The van der Waals surface area contributed by atoms with Gasteiger partial charge in [-0.2, -0.15) is 0 Å². The number of aliphatic hydroxyl groups excluding tert-OH is 2. The van der Waals surface area contributed by atoms with Crippen molar-refractivity contribution in [2.45, 2.75) is 77.9 Å². The molecule has 0 aromatic carbocycles. The van der Waals surface area contributed by atoms with Crippen LogP contribution in [0.4, 0.5) is 0 Å². The van der Waals surface area contributed by atoms with Crippen molar-refractivity contribution in [1.29, 1.82) is 0 Å². The van der Waals surface area contributed by atoms with Gasteiger partial charge in [0.15, 0.2) is 5.78 Å². The number of carbonyl (C=O) groups is 1. The second-order valence-electron chi connectivity index (χ2n) is 9.14. The van der Waals surface area contributed by atoms with E-state index in [1.54, 1.807) is 0 Å². The molecule has 0 bridgehead atoms. The van der Waals surface area contributed by atoms with Crippen molar-refractivity contribution >= 4 is 5.78 Å². The fourth-order valence-corrected chi connectivity index (χ4v) is 6.90. The summed E-state index contributed by atoms with van der Waals surface area (Å²) in [6.45, 7) is 6.55. The molecule has 4 aliphatic carbocycles. The minimum absolute atomic E-state index is 0.0146. The fourth-order valence-electron chi connectivity index (χ4n) is 6.90. The second kappa shape index (κ2) is 4.92. The van der Waals surface area contributed by atoms with E-state index < -0.39 is 0 Å². The van der Waals surface area contributed by atoms with E-state index in [0.717, 1.165) is 37.7 Å². The highest BCUT2D eigenvalue weighted by molar-refractivity contribution is 5.96. The molecular weight excluding hydrogens is 288 g/mol. The van der Waals surface area contributed by atoms with Gasteiger partial charge in [-0.3, -0.25) is 4.79 Å². The molecule has 0 aromatic rings. The third-order valence-electron chi connectivity index (χ3n) is 8.39. The van der Waals surface area contributed by atoms with Gasteiger partial charge in [0.25, 0.3) is 0 Å². The molecule has 0 aliphatic heterocycles. The van der Waals surface area contributed by atoms with E-state index in [1.165, 1.54) is 5.57 Å². The zero-order chi connectivity index (χ0) is 16.6. The Balaban J connectivity index is 1.77. The number of Topliss-reactive ketones (excluding diaryl/α,β-unsaturated/α-hetero) is 1. The van der Waals surface area contributed by atoms with Crippen LogP contribution < -0.4 is 0 Å². The summed E-state index contributed by atoms with van der Waals surface area (Å²) in [5.74, 6) is 1.47. The van der Waals surface area contributed by atoms with Gasteiger partial charge in [-0.05, 0) is 79.6 Å². The van der Waals surface area contributed by atoms with Gasteiger partial charge in [0.1, 0.15) is 0 Å². The van der Waals surface area contributed by atoms with Gasteiger partial charge in [0, 0.05) is 6.42 Å². The Kier molecular flexibility index (Phi) is 3.39. The topological polar surface area (TPSA) is 57.5 Å². The van der Waals surface area contributed by atoms with Gasteiger partial charge < -0.3 is 10.2 Å². The van der Waals surface area contributed by atoms with Crippen LogP contribution in [0.2, 0.25) is 0 Å². The molecule has 2 N–H and O–H groups in total. The molecule has 0 radical (unpaired) electrons. The third kappa shape index (κ3) is 1.93. The number of carbonyl (C=O) groups excluding carboxylic acids is 1. The Morgan fingerprint density at radius 3 is 2.52 bits per heavy atom. The number of hydrogen-bond acceptors (Lipinski definition) is 3. The predicted octanol–water partition coefficient (Wildman–Crippen LogP) is 3.24. The SMILES string of the molecule is CC1=C2CC(O)[C@@H]3[C@@H](CC[C@]4(C)C(O)CC[C@@H]34)[C@@]2(C)CCC1=O. The molecule has 0 spiro atoms. The van der Waals surface area contributed by atoms with E-state index in [2.05, 4.69) is 13.8 Å². The highest BCUT2D eigenvalue weighted by atomic mass is 16.3. The third-order valence-corrected chi connectivity index (χ3v) is 8.39. The lowest BCUT2D eigenvalue weighted by atomic mass is 9.46. The van der Waals surface area contributed by atoms with Gasteiger partial charge in [-0.1, -0.05) is 19.4 Å². The highest BCUT2D eigenvalue weighted by Crippen LogP contribution is 2.65. The summed E-state index contributed by atoms with van der Waals surface area (Å²) < 4.78 is 0. The van der Waals surface area contributed by atoms with Crippen LogP contribution in [0, 0.1) is 28.6 Å². The van der Waals surface area contributed by atoms with E-state index in [1.807, 2.05) is 6.92 Å². The van der Waals surface area contributed by atoms with Gasteiger partial charge in [-0.25, -0.2) is 0 Å². The van der Waals surface area contributed by atoms with Gasteiger partial charge >= 0.3 is 0 Å². The van der Waals surface area contributed by atoms with Gasteiger partial charge in [0.2, 0.25) is 0 Å². The molecule has 128 valence electrons. The maximum Gasteiger partial charge on any atom is 0.158 e. The molecule has 3 saturated carbocycles. The van der Waals surface area contributed by atoms with Crippen LogP contribution in [-0.4, -0.2) is 28.2 Å². The molecule has 0 amide bonds. The molecule has 7 atom stereocenters. The minimum Gasteiger partial charge on any atom is -0.393 e. The first kappa shape index (κ1) is 15.8. The van der Waals surface area contributed by atoms with Crippen molar-refractivity contribution in [3.05, 3.63) is 11.1 Å². The largest absolute Gasteiger partial charge is 0.393 e. The number of aliphatic hydroxyl groups is 2. The molecule has 0 aromatic heterocycles. The maximum atomic E-state index is 12.2. The molecule has 0 saturated heterocycles. The summed E-state index contributed by atoms with van der Waals surface area (Å²) >= 11 is 0. The Morgan fingerprint density at radius 2 is 1.78 bits per heavy atom. The Hall–Kier alpha value is -0.670. The van der Waals surface area contributed by atoms with Crippen LogP contribution in [0.1, 0.15) is 65.7 Å². The first-order valence-electron chi connectivity index (χ1n) is 9.38. The van der Waals surface area contributed by atoms with Gasteiger partial charge in [-0.15, -0.1) is 0 Å². The lowest BCUT2D eigenvalue weighted by Gasteiger charge is -2.59. The number of fused-ring (bicyclic) bond motifs is 5. The van der Waals surface area contributed by atoms with Crippen molar-refractivity contribution in [3.63, 3.8) is 0 Å². The normalized spacial score (nSPS) is 52.9. The molecule has 3 heteroatoms. The van der Waals surface area contributed by atoms with Gasteiger partial charge in [0.05, 0.1) is 12.2 Å². The molecule has 0 heterocycles. The summed E-state index contributed by atoms with van der Waals surface area (Å²) in [6.07, 6.45) is 5.78. The number of rotatable bonds is 0. The molecule has 3 fully saturated rings. The van der Waals surface area contributed by atoms with Crippen molar-refractivity contribution in [2.75, 3.05) is 0 Å². The molecule has 4 rings (SSSR count). The lowest BCUT2D eigenvalue weighted by Crippen LogP contribution is -2.56. The number of ketones is 1. The highest BCUT2D eigenvalue weighted by Gasteiger charge is 2.61. The van der Waals surface area contributed by atoms with E-state index in [4.69, 9.17) is 0 Å². The standard InChI is InChI=1S/C20H30O3/c1-11-14-10-16(22)18-12-4-5-17(23)20(12,3)8-6-13(18)19(14,2)9-7-15(11)21/h12-13,16-18,22-23H,4-10H2,1-3H3/t12-,13+,16?,17?,18-,19+,20-/m0/s1. The quantitative estimate of drug-likeness (QED) is 0.721. The van der Waals surface area contributed by atoms with Crippen LogP contribution in [0.15, 0.2) is 11.1 Å². The van der Waals surface area contributed by atoms with Crippen LogP contribution in [0.25, 0.3) is 0 Å². The predicted molar refractivity (Wildman–Crippen MR) is 88.7 cm³/mol. The van der Waals surface area contributed by atoms with Crippen LogP contribution in [0.5, 0.6) is 0 Å². The summed E-state index contributed by atoms with van der Waals surface area (Å²) in [5, 5.41) is 21.5. The van der Waals surface area contributed by atoms with Crippen molar-refractivity contribution in [2.24, 2.45) is 28.6 Å². The summed E-state index contributed by atoms with van der Waals surface area (Å²) in [7, 11) is 0. The van der Waals surface area contributed by atoms with E-state index in [9.17, 15) is 15.0 Å². The van der Waals surface area contributed by atoms with E-state index in [-0.39, 0.29) is 28.8 Å². The summed E-state index contributed by atoms with van der Waals surface area (Å²) in [5.41, 5.74) is 2.23. The summed E-state index contributed by atoms with van der Waals surface area (Å²) in [6, 6.07) is 0. The maximum absolute atomic E-state index is 12.2. The number of hydrogen-bond donors (Lipinski definition) is 2. The van der Waals surface area contributed by atoms with Crippen LogP contribution in [0.3, 0.4) is 0 Å². The van der Waals surface area contributed by atoms with Crippen LogP contribution in [-0.2, 0) is 4.79 Å². The van der Waals surface area contributed by atoms with Crippen molar-refractivity contribution < 1.29 is 15.0 Å². The molecular formula is C20H30O3. The minimum atomic E-state index is -0.348. The van der Waals surface area contributed by atoms with E-state index in [0.29, 0.717) is 30.6 Å². The molecule has 3 nitrogen and oxygen atoms in total. The van der Waals surface area contributed by atoms with Crippen molar-refractivity contribution in [1.82, 2.24) is 0 Å². The first-order chi connectivity index (χ1) is 10.8. The smallest absolute Gasteiger partial charge is 0.158 e. The monoisotopic (exact) mass is 318 g/mol. The van der Waals surface area contributed by atoms with Crippen LogP contribution >= 0.6 is 0 Å². The zero-order valence-electron chi connectivity index (χ0n) is 14.6.